The van der Waals surface area contributed by atoms with E-state index in [-0.39, 0.29) is 48.1 Å². The molecule has 2 aromatic rings. The van der Waals surface area contributed by atoms with Gasteiger partial charge in [0.2, 0.25) is 11.7 Å². The number of aliphatic hydroxyl groups excluding tert-OH is 1. The maximum absolute atomic E-state index is 12.6. The lowest BCUT2D eigenvalue weighted by Gasteiger charge is -2.22. The van der Waals surface area contributed by atoms with Gasteiger partial charge in [-0.2, -0.15) is 0 Å². The number of hydrogen-bond donors (Lipinski definition) is 3. The molecule has 9 heteroatoms. The molecule has 0 aliphatic heterocycles. The fourth-order valence-electron chi connectivity index (χ4n) is 3.15. The highest BCUT2D eigenvalue weighted by molar-refractivity contribution is 5.78. The maximum Gasteiger partial charge on any atom is 0.343 e. The molecule has 29 heavy (non-hydrogen) atoms. The molecule has 2 rings (SSSR count). The van der Waals surface area contributed by atoms with Crippen LogP contribution in [0, 0.1) is 6.92 Å². The Morgan fingerprint density at radius 2 is 1.86 bits per heavy atom. The van der Waals surface area contributed by atoms with Crippen LogP contribution in [0.1, 0.15) is 29.2 Å². The van der Waals surface area contributed by atoms with E-state index < -0.39 is 17.5 Å². The molecule has 1 aromatic heterocycles. The minimum Gasteiger partial charge on any atom is -0.507 e. The predicted octanol–water partition coefficient (Wildman–Crippen LogP) is 1.31. The molecule has 0 unspecified atom stereocenters. The van der Waals surface area contributed by atoms with Crippen molar-refractivity contribution in [2.24, 2.45) is 0 Å². The van der Waals surface area contributed by atoms with Crippen molar-refractivity contribution in [2.75, 3.05) is 34.5 Å². The SMILES string of the molecule is COc1ccc([C@H](CC(=O)NCCO)c2c(O)cc(C)oc2=O)c(OC)c1OC. The van der Waals surface area contributed by atoms with Gasteiger partial charge in [0.05, 0.1) is 33.5 Å². The number of ether oxygens (including phenoxy) is 3. The van der Waals surface area contributed by atoms with Crippen molar-refractivity contribution >= 4 is 5.91 Å². The Morgan fingerprint density at radius 3 is 2.41 bits per heavy atom. The van der Waals surface area contributed by atoms with Crippen LogP contribution in [0.15, 0.2) is 27.4 Å². The van der Waals surface area contributed by atoms with Gasteiger partial charge in [0.1, 0.15) is 11.5 Å². The second-order valence-electron chi connectivity index (χ2n) is 6.20. The predicted molar refractivity (Wildman–Crippen MR) is 104 cm³/mol. The van der Waals surface area contributed by atoms with Crippen LogP contribution in [-0.2, 0) is 4.79 Å². The van der Waals surface area contributed by atoms with Gasteiger partial charge in [-0.25, -0.2) is 4.79 Å². The molecule has 0 bridgehead atoms. The standard InChI is InChI=1S/C20H25NO8/c1-11-9-14(23)17(20(25)29-11)13(10-16(24)21-7-8-22)12-5-6-15(26-2)19(28-4)18(12)27-3/h5-6,9,13,22-23H,7-8,10H2,1-4H3,(H,21,24)/t13-/m0/s1. The third-order valence-corrected chi connectivity index (χ3v) is 4.37. The van der Waals surface area contributed by atoms with E-state index in [1.54, 1.807) is 12.1 Å². The highest BCUT2D eigenvalue weighted by Gasteiger charge is 2.30. The van der Waals surface area contributed by atoms with E-state index in [0.29, 0.717) is 11.3 Å². The van der Waals surface area contributed by atoms with Crippen LogP contribution >= 0.6 is 0 Å². The summed E-state index contributed by atoms with van der Waals surface area (Å²) in [4.78, 5) is 24.9. The van der Waals surface area contributed by atoms with Crippen molar-refractivity contribution < 1.29 is 33.6 Å². The lowest BCUT2D eigenvalue weighted by Crippen LogP contribution is -2.29. The van der Waals surface area contributed by atoms with Gasteiger partial charge in [0, 0.05) is 30.5 Å². The van der Waals surface area contributed by atoms with Crippen molar-refractivity contribution in [3.63, 3.8) is 0 Å². The average Bonchev–Trinajstić information content (AvgIpc) is 2.69. The van der Waals surface area contributed by atoms with Crippen LogP contribution in [0.5, 0.6) is 23.0 Å². The summed E-state index contributed by atoms with van der Waals surface area (Å²) in [6.45, 7) is 1.36. The first-order valence-corrected chi connectivity index (χ1v) is 8.87. The number of aromatic hydroxyl groups is 1. The van der Waals surface area contributed by atoms with Gasteiger partial charge in [-0.1, -0.05) is 6.07 Å². The van der Waals surface area contributed by atoms with E-state index in [9.17, 15) is 14.7 Å². The normalized spacial score (nSPS) is 11.6. The molecule has 1 aromatic carbocycles. The number of aliphatic hydroxyl groups is 1. The number of amides is 1. The molecule has 3 N–H and O–H groups in total. The van der Waals surface area contributed by atoms with E-state index >= 15 is 0 Å². The van der Waals surface area contributed by atoms with Crippen LogP contribution in [0.4, 0.5) is 0 Å². The Morgan fingerprint density at radius 1 is 1.17 bits per heavy atom. The Kier molecular flexibility index (Phi) is 7.49. The van der Waals surface area contributed by atoms with Crippen LogP contribution in [-0.4, -0.2) is 50.6 Å². The highest BCUT2D eigenvalue weighted by atomic mass is 16.5. The zero-order valence-electron chi connectivity index (χ0n) is 16.8. The summed E-state index contributed by atoms with van der Waals surface area (Å²) in [7, 11) is 4.32. The second kappa shape index (κ2) is 9.83. The summed E-state index contributed by atoms with van der Waals surface area (Å²) in [5.74, 6) is -0.456. The van der Waals surface area contributed by atoms with E-state index in [1.807, 2.05) is 0 Å². The number of methoxy groups -OCH3 is 3. The summed E-state index contributed by atoms with van der Waals surface area (Å²) < 4.78 is 21.3. The summed E-state index contributed by atoms with van der Waals surface area (Å²) in [5.41, 5.74) is -0.421. The number of carbonyl (C=O) groups excluding carboxylic acids is 1. The molecule has 1 atom stereocenters. The molecule has 0 fully saturated rings. The molecule has 9 nitrogen and oxygen atoms in total. The molecule has 1 heterocycles. The van der Waals surface area contributed by atoms with Crippen molar-refractivity contribution in [3.8, 4) is 23.0 Å². The third kappa shape index (κ3) is 4.80. The molecule has 158 valence electrons. The molecule has 0 saturated carbocycles. The van der Waals surface area contributed by atoms with Gasteiger partial charge >= 0.3 is 5.63 Å². The summed E-state index contributed by atoms with van der Waals surface area (Å²) >= 11 is 0. The first-order chi connectivity index (χ1) is 13.9. The largest absolute Gasteiger partial charge is 0.507 e. The lowest BCUT2D eigenvalue weighted by molar-refractivity contribution is -0.121. The third-order valence-electron chi connectivity index (χ3n) is 4.37. The lowest BCUT2D eigenvalue weighted by atomic mass is 9.87. The van der Waals surface area contributed by atoms with Gasteiger partial charge in [-0.3, -0.25) is 4.79 Å². The Bertz CT molecular complexity index is 921. The quantitative estimate of drug-likeness (QED) is 0.568. The van der Waals surface area contributed by atoms with Crippen molar-refractivity contribution in [2.45, 2.75) is 19.3 Å². The molecule has 0 radical (unpaired) electrons. The van der Waals surface area contributed by atoms with E-state index in [4.69, 9.17) is 23.7 Å². The van der Waals surface area contributed by atoms with Crippen LogP contribution < -0.4 is 25.2 Å². The zero-order chi connectivity index (χ0) is 21.6. The van der Waals surface area contributed by atoms with Gasteiger partial charge < -0.3 is 34.2 Å². The number of hydrogen-bond acceptors (Lipinski definition) is 8. The number of nitrogens with one attached hydrogen (secondary N) is 1. The molecular formula is C20H25NO8. The fraction of sp³-hybridized carbons (Fsp3) is 0.400. The van der Waals surface area contributed by atoms with Crippen molar-refractivity contribution in [3.05, 3.63) is 45.5 Å². The van der Waals surface area contributed by atoms with Gasteiger partial charge in [0.15, 0.2) is 11.5 Å². The van der Waals surface area contributed by atoms with Gasteiger partial charge in [-0.15, -0.1) is 0 Å². The second-order valence-corrected chi connectivity index (χ2v) is 6.20. The van der Waals surface area contributed by atoms with Crippen LogP contribution in [0.2, 0.25) is 0 Å². The molecule has 0 saturated heterocycles. The van der Waals surface area contributed by atoms with Gasteiger partial charge in [0.25, 0.3) is 0 Å². The molecular weight excluding hydrogens is 382 g/mol. The van der Waals surface area contributed by atoms with Crippen molar-refractivity contribution in [1.29, 1.82) is 0 Å². The minimum absolute atomic E-state index is 0.0586. The molecule has 0 aliphatic rings. The van der Waals surface area contributed by atoms with Gasteiger partial charge in [-0.05, 0) is 13.0 Å². The topological polar surface area (TPSA) is 127 Å². The Balaban J connectivity index is 2.69. The smallest absolute Gasteiger partial charge is 0.343 e. The molecule has 0 spiro atoms. The highest BCUT2D eigenvalue weighted by Crippen LogP contribution is 2.45. The monoisotopic (exact) mass is 407 g/mol. The van der Waals surface area contributed by atoms with Crippen molar-refractivity contribution in [1.82, 2.24) is 5.32 Å². The minimum atomic E-state index is -0.903. The number of carbonyl (C=O) groups is 1. The van der Waals surface area contributed by atoms with E-state index in [2.05, 4.69) is 5.32 Å². The first-order valence-electron chi connectivity index (χ1n) is 8.87. The number of rotatable bonds is 9. The van der Waals surface area contributed by atoms with Crippen LogP contribution in [0.25, 0.3) is 0 Å². The van der Waals surface area contributed by atoms with E-state index in [1.165, 1.54) is 34.3 Å². The summed E-state index contributed by atoms with van der Waals surface area (Å²) in [6.07, 6.45) is -0.201. The zero-order valence-corrected chi connectivity index (χ0v) is 16.8. The molecule has 1 amide bonds. The first kappa shape index (κ1) is 22.1. The summed E-state index contributed by atoms with van der Waals surface area (Å²) in [5, 5.41) is 21.9. The Hall–Kier alpha value is -3.20. The van der Waals surface area contributed by atoms with E-state index in [0.717, 1.165) is 0 Å². The average molecular weight is 407 g/mol. The fourth-order valence-corrected chi connectivity index (χ4v) is 3.15. The summed E-state index contributed by atoms with van der Waals surface area (Å²) in [6, 6.07) is 4.55. The molecule has 0 aliphatic carbocycles. The Labute approximate surface area is 167 Å². The number of benzene rings is 1. The number of aryl methyl sites for hydroxylation is 1. The maximum atomic E-state index is 12.6. The van der Waals surface area contributed by atoms with Crippen LogP contribution in [0.3, 0.4) is 0 Å².